The summed E-state index contributed by atoms with van der Waals surface area (Å²) in [7, 11) is 0. The molecule has 0 aliphatic heterocycles. The lowest BCUT2D eigenvalue weighted by molar-refractivity contribution is -0.167. The van der Waals surface area contributed by atoms with Gasteiger partial charge in [-0.25, -0.2) is 9.59 Å². The van der Waals surface area contributed by atoms with E-state index in [-0.39, 0.29) is 6.10 Å². The number of unbranched alkanes of at least 4 members (excludes halogenated alkanes) is 14. The molecule has 25 heavy (non-hydrogen) atoms. The molecule has 0 radical (unpaired) electrons. The first-order valence-electron chi connectivity index (χ1n) is 10.5. The van der Waals surface area contributed by atoms with Crippen LogP contribution in [0.3, 0.4) is 0 Å². The average Bonchev–Trinajstić information content (AvgIpc) is 2.58. The van der Waals surface area contributed by atoms with Gasteiger partial charge in [0, 0.05) is 0 Å². The van der Waals surface area contributed by atoms with E-state index in [1.165, 1.54) is 83.5 Å². The predicted molar refractivity (Wildman–Crippen MR) is 103 cm³/mol. The maximum atomic E-state index is 10.9. The van der Waals surface area contributed by atoms with Crippen molar-refractivity contribution in [2.75, 3.05) is 0 Å². The van der Waals surface area contributed by atoms with E-state index < -0.39 is 11.9 Å². The smallest absolute Gasteiger partial charge is 0.417 e. The Morgan fingerprint density at radius 3 is 1.44 bits per heavy atom. The fraction of sp³-hybridized carbons (Fsp3) is 0.905. The van der Waals surface area contributed by atoms with Gasteiger partial charge in [0.1, 0.15) is 0 Å². The Balaban J connectivity index is 3.19. The Kier molecular flexibility index (Phi) is 17.0. The summed E-state index contributed by atoms with van der Waals surface area (Å²) in [6, 6.07) is 0. The Labute approximate surface area is 154 Å². The highest BCUT2D eigenvalue weighted by Crippen LogP contribution is 2.14. The van der Waals surface area contributed by atoms with Crippen LogP contribution in [-0.2, 0) is 14.3 Å². The predicted octanol–water partition coefficient (Wildman–Crippen LogP) is 6.26. The lowest BCUT2D eigenvalue weighted by Gasteiger charge is -2.11. The van der Waals surface area contributed by atoms with Gasteiger partial charge in [0.25, 0.3) is 0 Å². The molecule has 4 heteroatoms. The molecule has 0 saturated heterocycles. The molecule has 148 valence electrons. The molecule has 0 aromatic rings. The number of hydrogen-bond donors (Lipinski definition) is 1. The zero-order chi connectivity index (χ0) is 18.8. The zero-order valence-electron chi connectivity index (χ0n) is 16.6. The number of ether oxygens (including phenoxy) is 1. The fourth-order valence-electron chi connectivity index (χ4n) is 3.10. The third-order valence-electron chi connectivity index (χ3n) is 4.70. The van der Waals surface area contributed by atoms with Crippen LogP contribution in [0.5, 0.6) is 0 Å². The molecule has 4 nitrogen and oxygen atoms in total. The third kappa shape index (κ3) is 17.6. The summed E-state index contributed by atoms with van der Waals surface area (Å²) in [5, 5.41) is 8.46. The van der Waals surface area contributed by atoms with Gasteiger partial charge in [0.2, 0.25) is 0 Å². The molecule has 1 atom stereocenters. The van der Waals surface area contributed by atoms with Gasteiger partial charge < -0.3 is 9.84 Å². The van der Waals surface area contributed by atoms with E-state index in [9.17, 15) is 9.59 Å². The van der Waals surface area contributed by atoms with E-state index >= 15 is 0 Å². The molecule has 1 unspecified atom stereocenters. The van der Waals surface area contributed by atoms with Gasteiger partial charge in [-0.3, -0.25) is 0 Å². The van der Waals surface area contributed by atoms with Crippen LogP contribution in [0.4, 0.5) is 0 Å². The van der Waals surface area contributed by atoms with Gasteiger partial charge >= 0.3 is 11.9 Å². The largest absolute Gasteiger partial charge is 0.473 e. The van der Waals surface area contributed by atoms with Gasteiger partial charge in [0.05, 0.1) is 6.10 Å². The topological polar surface area (TPSA) is 63.6 Å². The number of carboxylic acids is 1. The van der Waals surface area contributed by atoms with Crippen LogP contribution in [0.15, 0.2) is 0 Å². The molecule has 0 heterocycles. The van der Waals surface area contributed by atoms with E-state index in [0.29, 0.717) is 0 Å². The molecule has 0 bridgehead atoms. The quantitative estimate of drug-likeness (QED) is 0.190. The second-order valence-corrected chi connectivity index (χ2v) is 7.26. The van der Waals surface area contributed by atoms with E-state index in [1.807, 2.05) is 0 Å². The van der Waals surface area contributed by atoms with E-state index in [0.717, 1.165) is 19.3 Å². The van der Waals surface area contributed by atoms with Crippen molar-refractivity contribution in [3.05, 3.63) is 0 Å². The highest BCUT2D eigenvalue weighted by molar-refractivity contribution is 6.28. The van der Waals surface area contributed by atoms with Gasteiger partial charge in [-0.05, 0) is 19.8 Å². The SMILES string of the molecule is CCCCCCCCCCCCCCCCCC(C)OC(=O)C(=O)O. The summed E-state index contributed by atoms with van der Waals surface area (Å²) < 4.78 is 4.79. The molecule has 0 saturated carbocycles. The van der Waals surface area contributed by atoms with Crippen molar-refractivity contribution < 1.29 is 19.4 Å². The minimum atomic E-state index is -1.51. The number of esters is 1. The minimum Gasteiger partial charge on any atom is -0.473 e. The summed E-state index contributed by atoms with van der Waals surface area (Å²) in [6.45, 7) is 4.02. The molecule has 0 aliphatic rings. The molecule has 0 aromatic heterocycles. The third-order valence-corrected chi connectivity index (χ3v) is 4.70. The van der Waals surface area contributed by atoms with E-state index in [4.69, 9.17) is 9.84 Å². The van der Waals surface area contributed by atoms with Crippen LogP contribution in [0, 0.1) is 0 Å². The number of aliphatic carboxylic acids is 1. The number of carbonyl (C=O) groups excluding carboxylic acids is 1. The van der Waals surface area contributed by atoms with Crippen LogP contribution >= 0.6 is 0 Å². The van der Waals surface area contributed by atoms with Gasteiger partial charge in [-0.2, -0.15) is 0 Å². The molecule has 0 aromatic carbocycles. The van der Waals surface area contributed by atoms with Crippen LogP contribution in [0.25, 0.3) is 0 Å². The van der Waals surface area contributed by atoms with Crippen molar-refractivity contribution >= 4 is 11.9 Å². The lowest BCUT2D eigenvalue weighted by atomic mass is 10.0. The highest BCUT2D eigenvalue weighted by Gasteiger charge is 2.16. The Morgan fingerprint density at radius 2 is 1.08 bits per heavy atom. The summed E-state index contributed by atoms with van der Waals surface area (Å²) in [5.74, 6) is -2.66. The zero-order valence-corrected chi connectivity index (χ0v) is 16.6. The normalized spacial score (nSPS) is 12.1. The monoisotopic (exact) mass is 356 g/mol. The van der Waals surface area contributed by atoms with Crippen molar-refractivity contribution in [1.82, 2.24) is 0 Å². The van der Waals surface area contributed by atoms with Crippen LogP contribution < -0.4 is 0 Å². The second-order valence-electron chi connectivity index (χ2n) is 7.26. The van der Waals surface area contributed by atoms with Crippen molar-refractivity contribution in [1.29, 1.82) is 0 Å². The lowest BCUT2D eigenvalue weighted by Crippen LogP contribution is -2.22. The standard InChI is InChI=1S/C21H40O4/c1-3-4-5-6-7-8-9-10-11-12-13-14-15-16-17-18-19(2)25-21(24)20(22)23/h19H,3-18H2,1-2H3,(H,22,23). The molecule has 0 spiro atoms. The van der Waals surface area contributed by atoms with Crippen molar-refractivity contribution in [2.24, 2.45) is 0 Å². The van der Waals surface area contributed by atoms with Crippen LogP contribution in [-0.4, -0.2) is 23.1 Å². The Bertz CT molecular complexity index is 328. The summed E-state index contributed by atoms with van der Waals surface area (Å²) in [6.07, 6.45) is 20.3. The molecule has 0 fully saturated rings. The van der Waals surface area contributed by atoms with Crippen molar-refractivity contribution in [2.45, 2.75) is 123 Å². The Morgan fingerprint density at radius 1 is 0.720 bits per heavy atom. The van der Waals surface area contributed by atoms with Gasteiger partial charge in [-0.1, -0.05) is 96.8 Å². The summed E-state index contributed by atoms with van der Waals surface area (Å²) in [4.78, 5) is 21.3. The summed E-state index contributed by atoms with van der Waals surface area (Å²) in [5.41, 5.74) is 0. The molecule has 0 amide bonds. The average molecular weight is 357 g/mol. The second kappa shape index (κ2) is 17.8. The number of carbonyl (C=O) groups is 2. The van der Waals surface area contributed by atoms with Crippen LogP contribution in [0.1, 0.15) is 117 Å². The number of rotatable bonds is 17. The van der Waals surface area contributed by atoms with Gasteiger partial charge in [-0.15, -0.1) is 0 Å². The first-order chi connectivity index (χ1) is 12.1. The highest BCUT2D eigenvalue weighted by atomic mass is 16.6. The van der Waals surface area contributed by atoms with Gasteiger partial charge in [0.15, 0.2) is 0 Å². The molecule has 1 N–H and O–H groups in total. The van der Waals surface area contributed by atoms with E-state index in [1.54, 1.807) is 6.92 Å². The molecule has 0 rings (SSSR count). The van der Waals surface area contributed by atoms with Crippen LogP contribution in [0.2, 0.25) is 0 Å². The fourth-order valence-corrected chi connectivity index (χ4v) is 3.10. The van der Waals surface area contributed by atoms with E-state index in [2.05, 4.69) is 6.92 Å². The number of carboxylic acid groups (broad SMARTS) is 1. The summed E-state index contributed by atoms with van der Waals surface area (Å²) >= 11 is 0. The first-order valence-corrected chi connectivity index (χ1v) is 10.5. The molecular weight excluding hydrogens is 316 g/mol. The maximum Gasteiger partial charge on any atom is 0.417 e. The van der Waals surface area contributed by atoms with Crippen molar-refractivity contribution in [3.63, 3.8) is 0 Å². The first kappa shape index (κ1) is 23.9. The Hall–Kier alpha value is -1.06. The van der Waals surface area contributed by atoms with Crippen molar-refractivity contribution in [3.8, 4) is 0 Å². The minimum absolute atomic E-state index is 0.300. The number of hydrogen-bond acceptors (Lipinski definition) is 3. The molecule has 0 aliphatic carbocycles. The maximum absolute atomic E-state index is 10.9. The molecular formula is C21H40O4.